The van der Waals surface area contributed by atoms with E-state index in [2.05, 4.69) is 0 Å². The van der Waals surface area contributed by atoms with Gasteiger partial charge in [-0.3, -0.25) is 4.79 Å². The first-order valence-electron chi connectivity index (χ1n) is 4.45. The summed E-state index contributed by atoms with van der Waals surface area (Å²) in [7, 11) is -3.09. The second-order valence-corrected chi connectivity index (χ2v) is 5.69. The first kappa shape index (κ1) is 11.7. The lowest BCUT2D eigenvalue weighted by Gasteiger charge is -2.01. The summed E-state index contributed by atoms with van der Waals surface area (Å²) in [5.74, 6) is -0.326. The molecule has 0 radical (unpaired) electrons. The highest BCUT2D eigenvalue weighted by atomic mass is 32.2. The quantitative estimate of drug-likeness (QED) is 0.612. The molecule has 15 heavy (non-hydrogen) atoms. The number of anilines is 1. The first-order valence-corrected chi connectivity index (χ1v) is 6.51. The molecule has 0 unspecified atom stereocenters. The molecule has 0 fully saturated rings. The zero-order valence-electron chi connectivity index (χ0n) is 8.43. The summed E-state index contributed by atoms with van der Waals surface area (Å²) in [6, 6.07) is 6.52. The van der Waals surface area contributed by atoms with Crippen LogP contribution in [0.1, 0.15) is 16.8 Å². The minimum absolute atomic E-state index is 0.00227. The number of carbonyl (C=O) groups is 1. The number of rotatable bonds is 4. The van der Waals surface area contributed by atoms with Crippen LogP contribution >= 0.6 is 0 Å². The molecule has 0 saturated heterocycles. The molecule has 0 aliphatic carbocycles. The molecule has 0 aliphatic heterocycles. The van der Waals surface area contributed by atoms with Crippen molar-refractivity contribution in [2.75, 3.05) is 17.7 Å². The highest BCUT2D eigenvalue weighted by Gasteiger charge is 2.10. The summed E-state index contributed by atoms with van der Waals surface area (Å²) >= 11 is 0. The van der Waals surface area contributed by atoms with E-state index in [4.69, 9.17) is 5.73 Å². The predicted octanol–water partition coefficient (Wildman–Crippen LogP) is 0.886. The fourth-order valence-corrected chi connectivity index (χ4v) is 1.69. The minimum atomic E-state index is -3.09. The van der Waals surface area contributed by atoms with Crippen molar-refractivity contribution in [3.8, 4) is 0 Å². The lowest BCUT2D eigenvalue weighted by atomic mass is 10.1. The van der Waals surface area contributed by atoms with Crippen molar-refractivity contribution in [1.82, 2.24) is 0 Å². The molecule has 0 amide bonds. The monoisotopic (exact) mass is 227 g/mol. The second kappa shape index (κ2) is 4.44. The van der Waals surface area contributed by atoms with E-state index in [1.807, 2.05) is 0 Å². The van der Waals surface area contributed by atoms with Crippen LogP contribution in [0.2, 0.25) is 0 Å². The zero-order chi connectivity index (χ0) is 11.5. The van der Waals surface area contributed by atoms with Gasteiger partial charge in [-0.15, -0.1) is 0 Å². The average molecular weight is 227 g/mol. The molecule has 1 aromatic carbocycles. The van der Waals surface area contributed by atoms with Crippen molar-refractivity contribution < 1.29 is 13.2 Å². The van der Waals surface area contributed by atoms with Gasteiger partial charge in [0, 0.05) is 23.9 Å². The van der Waals surface area contributed by atoms with Gasteiger partial charge in [0.2, 0.25) is 0 Å². The van der Waals surface area contributed by atoms with Crippen molar-refractivity contribution in [2.45, 2.75) is 6.42 Å². The highest BCUT2D eigenvalue weighted by molar-refractivity contribution is 7.90. The van der Waals surface area contributed by atoms with Crippen molar-refractivity contribution in [2.24, 2.45) is 0 Å². The Morgan fingerprint density at radius 1 is 1.40 bits per heavy atom. The third kappa shape index (κ3) is 4.12. The van der Waals surface area contributed by atoms with Gasteiger partial charge in [0.1, 0.15) is 9.84 Å². The lowest BCUT2D eigenvalue weighted by molar-refractivity contribution is 0.0989. The Hall–Kier alpha value is -1.36. The molecule has 4 nitrogen and oxygen atoms in total. The highest BCUT2D eigenvalue weighted by Crippen LogP contribution is 2.09. The number of Topliss-reactive ketones (excluding diaryl/α,β-unsaturated/α-hetero) is 1. The zero-order valence-corrected chi connectivity index (χ0v) is 9.25. The van der Waals surface area contributed by atoms with Crippen LogP contribution in [0.15, 0.2) is 24.3 Å². The van der Waals surface area contributed by atoms with E-state index in [0.717, 1.165) is 6.26 Å². The minimum Gasteiger partial charge on any atom is -0.399 e. The smallest absolute Gasteiger partial charge is 0.163 e. The molecule has 82 valence electrons. The van der Waals surface area contributed by atoms with Crippen molar-refractivity contribution in [3.05, 3.63) is 29.8 Å². The summed E-state index contributed by atoms with van der Waals surface area (Å²) in [4.78, 5) is 11.5. The Bertz CT molecular complexity index is 465. The number of nitrogen functional groups attached to an aromatic ring is 1. The number of benzene rings is 1. The maximum absolute atomic E-state index is 11.5. The van der Waals surface area contributed by atoms with Gasteiger partial charge in [-0.2, -0.15) is 0 Å². The standard InChI is InChI=1S/C10H13NO3S/c1-15(13,14)6-5-10(12)8-3-2-4-9(11)7-8/h2-4,7H,5-6,11H2,1H3. The normalized spacial score (nSPS) is 11.3. The number of hydrogen-bond acceptors (Lipinski definition) is 4. The van der Waals surface area contributed by atoms with Crippen LogP contribution < -0.4 is 5.73 Å². The van der Waals surface area contributed by atoms with E-state index in [1.165, 1.54) is 0 Å². The molecular formula is C10H13NO3S. The summed E-state index contributed by atoms with van der Waals surface area (Å²) in [5, 5.41) is 0. The predicted molar refractivity (Wildman–Crippen MR) is 59.5 cm³/mol. The van der Waals surface area contributed by atoms with E-state index in [1.54, 1.807) is 24.3 Å². The third-order valence-corrected chi connectivity index (χ3v) is 2.85. The molecule has 0 bridgehead atoms. The molecule has 1 aromatic rings. The molecule has 5 heteroatoms. The van der Waals surface area contributed by atoms with Crippen LogP contribution in [-0.4, -0.2) is 26.2 Å². The van der Waals surface area contributed by atoms with Crippen LogP contribution in [0.3, 0.4) is 0 Å². The molecule has 1 rings (SSSR count). The van der Waals surface area contributed by atoms with Crippen molar-refractivity contribution >= 4 is 21.3 Å². The number of nitrogens with two attached hydrogens (primary N) is 1. The van der Waals surface area contributed by atoms with Gasteiger partial charge in [0.15, 0.2) is 5.78 Å². The molecule has 0 heterocycles. The fourth-order valence-electron chi connectivity index (χ4n) is 1.13. The number of sulfone groups is 1. The van der Waals surface area contributed by atoms with Crippen LogP contribution in [0.4, 0.5) is 5.69 Å². The van der Waals surface area contributed by atoms with Crippen LogP contribution in [0.5, 0.6) is 0 Å². The van der Waals surface area contributed by atoms with Gasteiger partial charge in [-0.25, -0.2) is 8.42 Å². The lowest BCUT2D eigenvalue weighted by Crippen LogP contribution is -2.09. The molecule has 0 spiro atoms. The Balaban J connectivity index is 2.70. The number of ketones is 1. The Kier molecular flexibility index (Phi) is 3.47. The summed E-state index contributed by atoms with van der Waals surface area (Å²) in [5.41, 5.74) is 6.47. The summed E-state index contributed by atoms with van der Waals surface area (Å²) in [6.45, 7) is 0. The second-order valence-electron chi connectivity index (χ2n) is 3.43. The molecule has 2 N–H and O–H groups in total. The number of hydrogen-bond donors (Lipinski definition) is 1. The van der Waals surface area contributed by atoms with Gasteiger partial charge in [-0.05, 0) is 12.1 Å². The van der Waals surface area contributed by atoms with E-state index in [-0.39, 0.29) is 18.0 Å². The van der Waals surface area contributed by atoms with Crippen LogP contribution in [-0.2, 0) is 9.84 Å². The third-order valence-electron chi connectivity index (χ3n) is 1.91. The van der Waals surface area contributed by atoms with E-state index < -0.39 is 9.84 Å². The first-order chi connectivity index (χ1) is 6.88. The molecule has 0 saturated carbocycles. The van der Waals surface area contributed by atoms with Gasteiger partial charge in [0.25, 0.3) is 0 Å². The fraction of sp³-hybridized carbons (Fsp3) is 0.300. The SMILES string of the molecule is CS(=O)(=O)CCC(=O)c1cccc(N)c1. The van der Waals surface area contributed by atoms with Gasteiger partial charge >= 0.3 is 0 Å². The van der Waals surface area contributed by atoms with Gasteiger partial charge in [-0.1, -0.05) is 12.1 Å². The largest absolute Gasteiger partial charge is 0.399 e. The molecule has 0 aromatic heterocycles. The Morgan fingerprint density at radius 2 is 2.07 bits per heavy atom. The molecule has 0 aliphatic rings. The van der Waals surface area contributed by atoms with Gasteiger partial charge < -0.3 is 5.73 Å². The Labute approximate surface area is 89.0 Å². The van der Waals surface area contributed by atoms with Crippen molar-refractivity contribution in [1.29, 1.82) is 0 Å². The number of carbonyl (C=O) groups excluding carboxylic acids is 1. The molecule has 0 atom stereocenters. The maximum atomic E-state index is 11.5. The Morgan fingerprint density at radius 3 is 2.60 bits per heavy atom. The van der Waals surface area contributed by atoms with E-state index in [0.29, 0.717) is 11.3 Å². The van der Waals surface area contributed by atoms with Crippen LogP contribution in [0, 0.1) is 0 Å². The van der Waals surface area contributed by atoms with E-state index >= 15 is 0 Å². The van der Waals surface area contributed by atoms with E-state index in [9.17, 15) is 13.2 Å². The van der Waals surface area contributed by atoms with Crippen molar-refractivity contribution in [3.63, 3.8) is 0 Å². The topological polar surface area (TPSA) is 77.2 Å². The van der Waals surface area contributed by atoms with Gasteiger partial charge in [0.05, 0.1) is 5.75 Å². The maximum Gasteiger partial charge on any atom is 0.163 e. The van der Waals surface area contributed by atoms with Crippen LogP contribution in [0.25, 0.3) is 0 Å². The summed E-state index contributed by atoms with van der Waals surface area (Å²) < 4.78 is 21.7. The summed E-state index contributed by atoms with van der Waals surface area (Å²) in [6.07, 6.45) is 1.11. The average Bonchev–Trinajstić information content (AvgIpc) is 2.13. The molecular weight excluding hydrogens is 214 g/mol.